The largest absolute Gasteiger partial charge is 0.466 e. The summed E-state index contributed by atoms with van der Waals surface area (Å²) in [4.78, 5) is 24.7. The van der Waals surface area contributed by atoms with Crippen LogP contribution in [0.1, 0.15) is 450 Å². The summed E-state index contributed by atoms with van der Waals surface area (Å²) in [6.07, 6.45) is 92.9. The summed E-state index contributed by atoms with van der Waals surface area (Å²) in [5.74, 6) is -0.0125. The number of aliphatic hydroxyl groups is 2. The Kier molecular flexibility index (Phi) is 72.8. The predicted octanol–water partition coefficient (Wildman–Crippen LogP) is 25.5. The number of aliphatic hydroxyl groups excluding tert-OH is 2. The highest BCUT2D eigenvalue weighted by Gasteiger charge is 2.20. The van der Waals surface area contributed by atoms with Crippen molar-refractivity contribution in [2.24, 2.45) is 0 Å². The molecule has 2 atom stereocenters. The van der Waals surface area contributed by atoms with E-state index in [9.17, 15) is 19.8 Å². The van der Waals surface area contributed by atoms with Gasteiger partial charge in [-0.05, 0) is 51.4 Å². The molecule has 84 heavy (non-hydrogen) atoms. The van der Waals surface area contributed by atoms with Crippen LogP contribution < -0.4 is 5.32 Å². The van der Waals surface area contributed by atoms with Gasteiger partial charge in [0.25, 0.3) is 0 Å². The van der Waals surface area contributed by atoms with Gasteiger partial charge in [0, 0.05) is 12.8 Å². The van der Waals surface area contributed by atoms with Crippen LogP contribution >= 0.6 is 0 Å². The molecule has 6 heteroatoms. The molecule has 2 unspecified atom stereocenters. The fraction of sp³-hybridized carbons (Fsp3) is 0.949. The number of rotatable bonds is 74. The Labute approximate surface area is 527 Å². The molecule has 0 rings (SSSR count). The van der Waals surface area contributed by atoms with Gasteiger partial charge in [0.15, 0.2) is 0 Å². The summed E-state index contributed by atoms with van der Waals surface area (Å²) >= 11 is 0. The van der Waals surface area contributed by atoms with Gasteiger partial charge in [-0.1, -0.05) is 398 Å². The van der Waals surface area contributed by atoms with E-state index in [1.165, 1.54) is 372 Å². The number of hydrogen-bond donors (Lipinski definition) is 3. The van der Waals surface area contributed by atoms with Crippen LogP contribution in [-0.2, 0) is 14.3 Å². The first-order valence-electron chi connectivity index (χ1n) is 38.9. The Morgan fingerprint density at radius 2 is 0.560 bits per heavy atom. The van der Waals surface area contributed by atoms with Crippen LogP contribution in [0.15, 0.2) is 12.2 Å². The normalized spacial score (nSPS) is 12.5. The van der Waals surface area contributed by atoms with Gasteiger partial charge in [-0.3, -0.25) is 9.59 Å². The zero-order valence-electron chi connectivity index (χ0n) is 57.4. The number of unbranched alkanes of at least 4 members (excludes halogenated alkanes) is 61. The van der Waals surface area contributed by atoms with Crippen LogP contribution in [-0.4, -0.2) is 47.4 Å². The van der Waals surface area contributed by atoms with E-state index in [0.29, 0.717) is 25.9 Å². The first-order chi connectivity index (χ1) is 41.5. The number of hydrogen-bond acceptors (Lipinski definition) is 5. The molecule has 0 saturated heterocycles. The topological polar surface area (TPSA) is 95.9 Å². The van der Waals surface area contributed by atoms with Crippen molar-refractivity contribution in [2.75, 3.05) is 13.2 Å². The van der Waals surface area contributed by atoms with Gasteiger partial charge < -0.3 is 20.3 Å². The Morgan fingerprint density at radius 3 is 0.845 bits per heavy atom. The van der Waals surface area contributed by atoms with Crippen LogP contribution in [0.3, 0.4) is 0 Å². The van der Waals surface area contributed by atoms with Gasteiger partial charge in [0.05, 0.1) is 25.4 Å². The molecule has 500 valence electrons. The lowest BCUT2D eigenvalue weighted by Gasteiger charge is -2.22. The second-order valence-corrected chi connectivity index (χ2v) is 27.0. The fourth-order valence-electron chi connectivity index (χ4n) is 12.6. The van der Waals surface area contributed by atoms with Crippen molar-refractivity contribution >= 4 is 11.9 Å². The zero-order chi connectivity index (χ0) is 60.6. The molecule has 0 aliphatic rings. The summed E-state index contributed by atoms with van der Waals surface area (Å²) in [7, 11) is 0. The molecule has 0 aliphatic heterocycles. The van der Waals surface area contributed by atoms with E-state index in [1.54, 1.807) is 0 Å². The van der Waals surface area contributed by atoms with E-state index in [0.717, 1.165) is 44.9 Å². The first-order valence-corrected chi connectivity index (χ1v) is 38.9. The lowest BCUT2D eigenvalue weighted by molar-refractivity contribution is -0.143. The minimum atomic E-state index is -0.664. The first kappa shape index (κ1) is 82.6. The molecule has 3 N–H and O–H groups in total. The fourth-order valence-corrected chi connectivity index (χ4v) is 12.6. The van der Waals surface area contributed by atoms with Gasteiger partial charge >= 0.3 is 5.97 Å². The quantitative estimate of drug-likeness (QED) is 0.0320. The van der Waals surface area contributed by atoms with E-state index in [2.05, 4.69) is 31.3 Å². The van der Waals surface area contributed by atoms with Crippen LogP contribution in [0.25, 0.3) is 0 Å². The van der Waals surface area contributed by atoms with Crippen molar-refractivity contribution in [3.8, 4) is 0 Å². The number of amides is 1. The summed E-state index contributed by atoms with van der Waals surface area (Å²) in [5.41, 5.74) is 0. The third-order valence-corrected chi connectivity index (χ3v) is 18.6. The monoisotopic (exact) mass is 1180 g/mol. The van der Waals surface area contributed by atoms with Crippen LogP contribution in [0.2, 0.25) is 0 Å². The SMILES string of the molecule is CCCCCCCC/C=C\CCCCCCCCCC(=O)OCCCCCCCCCCCCCCCCCCCCCCCCCCCC(=O)NC(CO)C(O)CCCCCCCCCCCCCCCCCCCCCCCCCCC. The maximum atomic E-state index is 12.6. The Morgan fingerprint density at radius 1 is 0.321 bits per heavy atom. The van der Waals surface area contributed by atoms with Crippen LogP contribution in [0.5, 0.6) is 0 Å². The maximum Gasteiger partial charge on any atom is 0.305 e. The second kappa shape index (κ2) is 74.1. The molecular formula is C78H153NO5. The van der Waals surface area contributed by atoms with E-state index < -0.39 is 12.1 Å². The number of carbonyl (C=O) groups is 2. The van der Waals surface area contributed by atoms with Crippen molar-refractivity contribution in [3.63, 3.8) is 0 Å². The van der Waals surface area contributed by atoms with E-state index in [-0.39, 0.29) is 18.5 Å². The van der Waals surface area contributed by atoms with Crippen molar-refractivity contribution in [1.29, 1.82) is 0 Å². The van der Waals surface area contributed by atoms with Crippen LogP contribution in [0.4, 0.5) is 0 Å². The molecule has 0 spiro atoms. The van der Waals surface area contributed by atoms with E-state index >= 15 is 0 Å². The van der Waals surface area contributed by atoms with E-state index in [4.69, 9.17) is 4.74 Å². The third kappa shape index (κ3) is 69.7. The third-order valence-electron chi connectivity index (χ3n) is 18.6. The van der Waals surface area contributed by atoms with Crippen molar-refractivity contribution < 1.29 is 24.5 Å². The molecule has 0 fully saturated rings. The number of esters is 1. The predicted molar refractivity (Wildman–Crippen MR) is 370 cm³/mol. The summed E-state index contributed by atoms with van der Waals surface area (Å²) in [6, 6.07) is -0.541. The van der Waals surface area contributed by atoms with Crippen molar-refractivity contribution in [2.45, 2.75) is 463 Å². The Balaban J connectivity index is 3.35. The maximum absolute atomic E-state index is 12.6. The average molecular weight is 1190 g/mol. The summed E-state index contributed by atoms with van der Waals surface area (Å²) in [5, 5.41) is 23.5. The molecule has 0 saturated carbocycles. The van der Waals surface area contributed by atoms with E-state index in [1.807, 2.05) is 0 Å². The smallest absolute Gasteiger partial charge is 0.305 e. The molecule has 0 aliphatic carbocycles. The summed E-state index contributed by atoms with van der Waals surface area (Å²) < 4.78 is 5.51. The number of nitrogens with one attached hydrogen (secondary N) is 1. The molecule has 6 nitrogen and oxygen atoms in total. The lowest BCUT2D eigenvalue weighted by Crippen LogP contribution is -2.45. The van der Waals surface area contributed by atoms with Crippen molar-refractivity contribution in [3.05, 3.63) is 12.2 Å². The summed E-state index contributed by atoms with van der Waals surface area (Å²) in [6.45, 7) is 5.00. The second-order valence-electron chi connectivity index (χ2n) is 27.0. The van der Waals surface area contributed by atoms with Gasteiger partial charge in [0.2, 0.25) is 5.91 Å². The van der Waals surface area contributed by atoms with Crippen LogP contribution in [0, 0.1) is 0 Å². The number of ether oxygens (including phenoxy) is 1. The zero-order valence-corrected chi connectivity index (χ0v) is 57.4. The highest BCUT2D eigenvalue weighted by Crippen LogP contribution is 2.20. The minimum absolute atomic E-state index is 0.0146. The molecule has 0 bridgehead atoms. The molecule has 0 heterocycles. The standard InChI is InChI=1S/C78H153NO5/c1-3-5-7-9-11-13-15-17-19-21-22-23-24-26-29-32-35-39-42-46-50-54-58-62-66-70-76(81)75(74-80)79-77(82)71-67-63-59-55-51-47-43-40-36-33-30-27-25-28-31-34-37-41-45-49-53-57-61-65-69-73-84-78(83)72-68-64-60-56-52-48-44-38-20-18-16-14-12-10-8-6-4-2/h18,20,75-76,80-81H,3-17,19,21-74H2,1-2H3,(H,79,82)/b20-18-. The molecule has 0 aromatic rings. The molecule has 1 amide bonds. The van der Waals surface area contributed by atoms with Crippen molar-refractivity contribution in [1.82, 2.24) is 5.32 Å². The molecule has 0 aromatic heterocycles. The highest BCUT2D eigenvalue weighted by atomic mass is 16.5. The van der Waals surface area contributed by atoms with Gasteiger partial charge in [-0.2, -0.15) is 0 Å². The Bertz CT molecular complexity index is 1270. The highest BCUT2D eigenvalue weighted by molar-refractivity contribution is 5.76. The van der Waals surface area contributed by atoms with Gasteiger partial charge in [-0.25, -0.2) is 0 Å². The van der Waals surface area contributed by atoms with Gasteiger partial charge in [-0.15, -0.1) is 0 Å². The lowest BCUT2D eigenvalue weighted by atomic mass is 10.0. The Hall–Kier alpha value is -1.40. The molecule has 0 aromatic carbocycles. The van der Waals surface area contributed by atoms with Gasteiger partial charge in [0.1, 0.15) is 0 Å². The average Bonchev–Trinajstić information content (AvgIpc) is 3.51. The molecule has 0 radical (unpaired) electrons. The minimum Gasteiger partial charge on any atom is -0.466 e. The molecular weight excluding hydrogens is 1030 g/mol. The number of carbonyl (C=O) groups excluding carboxylic acids is 2. The number of allylic oxidation sites excluding steroid dienone is 2.